The lowest BCUT2D eigenvalue weighted by atomic mass is 9.93. The van der Waals surface area contributed by atoms with Crippen molar-refractivity contribution < 1.29 is 0 Å². The van der Waals surface area contributed by atoms with Gasteiger partial charge < -0.3 is 0 Å². The van der Waals surface area contributed by atoms with Gasteiger partial charge in [-0.15, -0.1) is 0 Å². The maximum atomic E-state index is 5.15. The third-order valence-corrected chi connectivity index (χ3v) is 8.00. The van der Waals surface area contributed by atoms with Crippen LogP contribution in [-0.4, -0.2) is 19.4 Å². The second-order valence-corrected chi connectivity index (χ2v) is 9.69. The van der Waals surface area contributed by atoms with E-state index in [1.165, 1.54) is 55.3 Å². The van der Waals surface area contributed by atoms with Crippen LogP contribution in [0.15, 0.2) is 85.5 Å². The van der Waals surface area contributed by atoms with E-state index < -0.39 is 0 Å². The third-order valence-electron chi connectivity index (χ3n) is 8.00. The SMILES string of the molecule is c1ccc2c(c1)Cc1ccc3c(c1-2)Cc1ccc2c4cnccc4n4c5cnccc5nc4c2c1-3. The minimum absolute atomic E-state index is 0.955. The molecule has 0 bridgehead atoms. The summed E-state index contributed by atoms with van der Waals surface area (Å²) < 4.78 is 2.27. The summed E-state index contributed by atoms with van der Waals surface area (Å²) in [6.07, 6.45) is 9.56. The number of aromatic nitrogens is 4. The van der Waals surface area contributed by atoms with Crippen molar-refractivity contribution in [1.29, 1.82) is 0 Å². The summed E-state index contributed by atoms with van der Waals surface area (Å²) in [5, 5.41) is 3.56. The van der Waals surface area contributed by atoms with E-state index in [0.29, 0.717) is 0 Å². The van der Waals surface area contributed by atoms with Gasteiger partial charge in [-0.05, 0) is 74.9 Å². The van der Waals surface area contributed by atoms with Crippen LogP contribution in [0.2, 0.25) is 0 Å². The van der Waals surface area contributed by atoms with E-state index in [0.717, 1.165) is 40.4 Å². The molecule has 162 valence electrons. The van der Waals surface area contributed by atoms with E-state index in [1.807, 2.05) is 30.9 Å². The van der Waals surface area contributed by atoms with Crippen LogP contribution in [0, 0.1) is 0 Å². The molecule has 4 heteroatoms. The molecule has 0 spiro atoms. The second-order valence-electron chi connectivity index (χ2n) is 9.69. The Balaban J connectivity index is 1.48. The largest absolute Gasteiger partial charge is 0.290 e. The van der Waals surface area contributed by atoms with E-state index in [4.69, 9.17) is 4.98 Å². The predicted octanol–water partition coefficient (Wildman–Crippen LogP) is 6.73. The maximum absolute atomic E-state index is 5.15. The maximum Gasteiger partial charge on any atom is 0.147 e. The zero-order chi connectivity index (χ0) is 22.7. The number of hydrogen-bond acceptors (Lipinski definition) is 3. The summed E-state index contributed by atoms with van der Waals surface area (Å²) in [6, 6.07) is 22.2. The molecule has 2 aliphatic carbocycles. The van der Waals surface area contributed by atoms with Gasteiger partial charge in [0.2, 0.25) is 0 Å². The topological polar surface area (TPSA) is 43.1 Å². The second kappa shape index (κ2) is 6.10. The van der Waals surface area contributed by atoms with Gasteiger partial charge in [0.1, 0.15) is 5.65 Å². The van der Waals surface area contributed by atoms with Crippen LogP contribution in [0.4, 0.5) is 0 Å². The molecule has 3 aromatic carbocycles. The van der Waals surface area contributed by atoms with Crippen molar-refractivity contribution in [1.82, 2.24) is 19.4 Å². The van der Waals surface area contributed by atoms with Crippen LogP contribution in [0.3, 0.4) is 0 Å². The number of nitrogens with zero attached hydrogens (tertiary/aromatic N) is 4. The van der Waals surface area contributed by atoms with Crippen molar-refractivity contribution in [2.45, 2.75) is 12.8 Å². The molecule has 0 aliphatic heterocycles. The zero-order valence-electron chi connectivity index (χ0n) is 18.8. The van der Waals surface area contributed by atoms with Gasteiger partial charge in [-0.25, -0.2) is 4.98 Å². The summed E-state index contributed by atoms with van der Waals surface area (Å²) in [5.74, 6) is 0. The first-order valence-corrected chi connectivity index (χ1v) is 12.0. The number of benzene rings is 3. The smallest absolute Gasteiger partial charge is 0.147 e. The van der Waals surface area contributed by atoms with Crippen LogP contribution in [0.5, 0.6) is 0 Å². The number of rotatable bonds is 0. The van der Waals surface area contributed by atoms with Crippen LogP contribution in [-0.2, 0) is 12.8 Å². The Kier molecular flexibility index (Phi) is 3.11. The highest BCUT2D eigenvalue weighted by Gasteiger charge is 2.30. The molecule has 0 radical (unpaired) electrons. The Morgan fingerprint density at radius 3 is 2.49 bits per heavy atom. The van der Waals surface area contributed by atoms with Gasteiger partial charge in [-0.1, -0.05) is 48.5 Å². The van der Waals surface area contributed by atoms with Crippen molar-refractivity contribution in [2.24, 2.45) is 0 Å². The summed E-state index contributed by atoms with van der Waals surface area (Å²) >= 11 is 0. The predicted molar refractivity (Wildman–Crippen MR) is 140 cm³/mol. The molecular formula is C31H18N4. The normalized spacial score (nSPS) is 13.5. The summed E-state index contributed by atoms with van der Waals surface area (Å²) in [5.41, 5.74) is 15.3. The molecule has 0 amide bonds. The fourth-order valence-electron chi connectivity index (χ4n) is 6.59. The number of fused-ring (bicyclic) bond motifs is 16. The lowest BCUT2D eigenvalue weighted by Crippen LogP contribution is -1.94. The van der Waals surface area contributed by atoms with Gasteiger partial charge in [0.05, 0.1) is 22.7 Å². The Morgan fingerprint density at radius 1 is 0.629 bits per heavy atom. The fraction of sp³-hybridized carbons (Fsp3) is 0.0645. The van der Waals surface area contributed by atoms with Crippen molar-refractivity contribution in [2.75, 3.05) is 0 Å². The number of hydrogen-bond donors (Lipinski definition) is 0. The average molecular weight is 447 g/mol. The molecule has 35 heavy (non-hydrogen) atoms. The first-order valence-electron chi connectivity index (χ1n) is 12.0. The third kappa shape index (κ3) is 2.11. The van der Waals surface area contributed by atoms with Crippen LogP contribution < -0.4 is 0 Å². The van der Waals surface area contributed by atoms with E-state index in [2.05, 4.69) is 69.0 Å². The summed E-state index contributed by atoms with van der Waals surface area (Å²) in [6.45, 7) is 0. The van der Waals surface area contributed by atoms with Crippen molar-refractivity contribution in [3.63, 3.8) is 0 Å². The molecular weight excluding hydrogens is 428 g/mol. The Morgan fingerprint density at radius 2 is 1.49 bits per heavy atom. The number of pyridine rings is 3. The molecule has 7 aromatic rings. The van der Waals surface area contributed by atoms with Gasteiger partial charge in [0.25, 0.3) is 0 Å². The molecule has 0 saturated carbocycles. The molecule has 0 fully saturated rings. The van der Waals surface area contributed by atoms with Gasteiger partial charge in [-0.3, -0.25) is 14.4 Å². The minimum atomic E-state index is 0.955. The average Bonchev–Trinajstić information content (AvgIpc) is 3.59. The first-order chi connectivity index (χ1) is 17.4. The van der Waals surface area contributed by atoms with E-state index in [-0.39, 0.29) is 0 Å². The Bertz CT molecular complexity index is 2070. The van der Waals surface area contributed by atoms with E-state index >= 15 is 0 Å². The highest BCUT2D eigenvalue weighted by atomic mass is 15.0. The van der Waals surface area contributed by atoms with Crippen LogP contribution in [0.1, 0.15) is 22.3 Å². The molecule has 0 N–H and O–H groups in total. The quantitative estimate of drug-likeness (QED) is 0.243. The van der Waals surface area contributed by atoms with Gasteiger partial charge in [0, 0.05) is 29.4 Å². The summed E-state index contributed by atoms with van der Waals surface area (Å²) in [4.78, 5) is 14.1. The number of imidazole rings is 1. The highest BCUT2D eigenvalue weighted by Crippen LogP contribution is 2.50. The molecule has 9 rings (SSSR count). The van der Waals surface area contributed by atoms with E-state index in [1.54, 1.807) is 0 Å². The molecule has 2 aliphatic rings. The lowest BCUT2D eigenvalue weighted by Gasteiger charge is -2.13. The monoisotopic (exact) mass is 446 g/mol. The van der Waals surface area contributed by atoms with Crippen molar-refractivity contribution >= 4 is 38.4 Å². The van der Waals surface area contributed by atoms with Crippen LogP contribution >= 0.6 is 0 Å². The van der Waals surface area contributed by atoms with Crippen molar-refractivity contribution in [3.05, 3.63) is 108 Å². The molecule has 0 atom stereocenters. The lowest BCUT2D eigenvalue weighted by molar-refractivity contribution is 1.23. The molecule has 4 nitrogen and oxygen atoms in total. The van der Waals surface area contributed by atoms with Gasteiger partial charge >= 0.3 is 0 Å². The first kappa shape index (κ1) is 17.8. The van der Waals surface area contributed by atoms with E-state index in [9.17, 15) is 0 Å². The summed E-state index contributed by atoms with van der Waals surface area (Å²) in [7, 11) is 0. The highest BCUT2D eigenvalue weighted by molar-refractivity contribution is 6.20. The minimum Gasteiger partial charge on any atom is -0.290 e. The Labute approximate surface area is 200 Å². The fourth-order valence-corrected chi connectivity index (χ4v) is 6.59. The molecule has 4 aromatic heterocycles. The van der Waals surface area contributed by atoms with Gasteiger partial charge in [0.15, 0.2) is 0 Å². The standard InChI is InChI=1S/C31H18N4/c1-2-4-20-17(3-1)13-18-5-7-21-23(28(18)20)14-19-6-8-22-24-15-32-12-10-26(24)35-27-16-33-11-9-25(27)34-31(35)30(22)29(19)21/h1-12,15-16H,13-14H2. The Hall–Kier alpha value is -4.57. The van der Waals surface area contributed by atoms with Crippen LogP contribution in [0.25, 0.3) is 60.6 Å². The van der Waals surface area contributed by atoms with Gasteiger partial charge in [-0.2, -0.15) is 0 Å². The van der Waals surface area contributed by atoms with Crippen molar-refractivity contribution in [3.8, 4) is 22.3 Å². The molecule has 0 saturated heterocycles. The zero-order valence-corrected chi connectivity index (χ0v) is 18.8. The molecule has 0 unspecified atom stereocenters. The molecule has 4 heterocycles.